The fraction of sp³-hybridized carbons (Fsp3) is 0.462. The molecule has 0 radical (unpaired) electrons. The van der Waals surface area contributed by atoms with Crippen LogP contribution in [0, 0.1) is 0 Å². The van der Waals surface area contributed by atoms with E-state index in [1.807, 2.05) is 44.2 Å². The molecule has 1 heterocycles. The summed E-state index contributed by atoms with van der Waals surface area (Å²) < 4.78 is 11.5. The zero-order valence-corrected chi connectivity index (χ0v) is 10.9. The van der Waals surface area contributed by atoms with Gasteiger partial charge in [0.1, 0.15) is 0 Å². The van der Waals surface area contributed by atoms with Crippen LogP contribution in [0.25, 0.3) is 0 Å². The van der Waals surface area contributed by atoms with E-state index in [2.05, 4.69) is 5.32 Å². The topological polar surface area (TPSA) is 47.6 Å². The Balaban J connectivity index is 2.18. The smallest absolute Gasteiger partial charge is 0.404 e. The monoisotopic (exact) mass is 247 g/mol. The highest BCUT2D eigenvalue weighted by Gasteiger charge is 2.42. The lowest BCUT2D eigenvalue weighted by Gasteiger charge is -2.20. The Labute approximate surface area is 108 Å². The summed E-state index contributed by atoms with van der Waals surface area (Å²) in [6, 6.07) is 9.73. The van der Waals surface area contributed by atoms with Crippen molar-refractivity contribution in [2.45, 2.75) is 38.9 Å². The first-order valence-corrected chi connectivity index (χ1v) is 6.21. The van der Waals surface area contributed by atoms with Gasteiger partial charge in [-0.05, 0) is 19.4 Å². The Morgan fingerprint density at radius 1 is 1.22 bits per heavy atom. The lowest BCUT2D eigenvalue weighted by atomic mass is 9.74. The van der Waals surface area contributed by atoms with Crippen molar-refractivity contribution in [3.63, 3.8) is 0 Å². The second-order valence-electron chi connectivity index (χ2n) is 4.64. The van der Waals surface area contributed by atoms with Crippen molar-refractivity contribution in [3.05, 3.63) is 35.9 Å². The van der Waals surface area contributed by atoms with Crippen LogP contribution in [0.3, 0.4) is 0 Å². The summed E-state index contributed by atoms with van der Waals surface area (Å²) in [6.45, 7) is 5.44. The SMILES string of the molecule is CC(=O)N[C@@H](B1O[C@H](C)[C@@H](C)O1)c1ccccc1. The molecule has 1 aromatic carbocycles. The highest BCUT2D eigenvalue weighted by Crippen LogP contribution is 2.25. The molecular formula is C13H18BNO3. The van der Waals surface area contributed by atoms with Gasteiger partial charge in [-0.3, -0.25) is 4.79 Å². The summed E-state index contributed by atoms with van der Waals surface area (Å²) in [4.78, 5) is 11.3. The lowest BCUT2D eigenvalue weighted by Crippen LogP contribution is -2.39. The van der Waals surface area contributed by atoms with Gasteiger partial charge >= 0.3 is 7.12 Å². The van der Waals surface area contributed by atoms with Crippen molar-refractivity contribution in [2.24, 2.45) is 0 Å². The number of rotatable bonds is 3. The first-order chi connectivity index (χ1) is 8.58. The average molecular weight is 247 g/mol. The summed E-state index contributed by atoms with van der Waals surface area (Å²) in [7, 11) is -0.429. The van der Waals surface area contributed by atoms with Crippen LogP contribution in [0.5, 0.6) is 0 Å². The molecular weight excluding hydrogens is 229 g/mol. The van der Waals surface area contributed by atoms with Gasteiger partial charge in [0.25, 0.3) is 0 Å². The zero-order valence-electron chi connectivity index (χ0n) is 10.9. The Bertz CT molecular complexity index is 402. The molecule has 1 amide bonds. The molecule has 0 unspecified atom stereocenters. The van der Waals surface area contributed by atoms with Gasteiger partial charge in [-0.1, -0.05) is 30.3 Å². The first kappa shape index (κ1) is 13.1. The van der Waals surface area contributed by atoms with Crippen LogP contribution in [0.1, 0.15) is 32.3 Å². The van der Waals surface area contributed by atoms with Gasteiger partial charge in [0.05, 0.1) is 18.1 Å². The zero-order chi connectivity index (χ0) is 13.1. The fourth-order valence-electron chi connectivity index (χ4n) is 2.02. The molecule has 3 atom stereocenters. The normalized spacial score (nSPS) is 24.9. The molecule has 0 saturated carbocycles. The molecule has 1 aliphatic rings. The summed E-state index contributed by atoms with van der Waals surface area (Å²) >= 11 is 0. The fourth-order valence-corrected chi connectivity index (χ4v) is 2.02. The van der Waals surface area contributed by atoms with Gasteiger partial charge in [0.2, 0.25) is 5.91 Å². The second-order valence-corrected chi connectivity index (χ2v) is 4.64. The molecule has 4 nitrogen and oxygen atoms in total. The molecule has 18 heavy (non-hydrogen) atoms. The number of nitrogens with one attached hydrogen (secondary N) is 1. The van der Waals surface area contributed by atoms with Crippen LogP contribution in [-0.4, -0.2) is 25.2 Å². The highest BCUT2D eigenvalue weighted by atomic mass is 16.7. The summed E-state index contributed by atoms with van der Waals surface area (Å²) in [5.41, 5.74) is 0.985. The number of carbonyl (C=O) groups excluding carboxylic acids is 1. The largest absolute Gasteiger partial charge is 0.486 e. The number of amides is 1. The molecule has 0 aromatic heterocycles. The van der Waals surface area contributed by atoms with Crippen LogP contribution < -0.4 is 5.32 Å². The first-order valence-electron chi connectivity index (χ1n) is 6.21. The molecule has 0 bridgehead atoms. The Hall–Kier alpha value is -1.33. The number of carbonyl (C=O) groups is 1. The second kappa shape index (κ2) is 5.54. The van der Waals surface area contributed by atoms with Gasteiger partial charge in [-0.15, -0.1) is 0 Å². The Kier molecular flexibility index (Phi) is 4.04. The van der Waals surface area contributed by atoms with Crippen LogP contribution in [0.2, 0.25) is 0 Å². The van der Waals surface area contributed by atoms with Crippen molar-refractivity contribution < 1.29 is 14.1 Å². The standard InChI is InChI=1S/C13H18BNO3/c1-9-10(2)18-14(17-9)13(15-11(3)16)12-7-5-4-6-8-12/h4-10,13H,1-3H3,(H,15,16)/t9-,10-,13-/m1/s1. The van der Waals surface area contributed by atoms with Crippen molar-refractivity contribution in [1.29, 1.82) is 0 Å². The van der Waals surface area contributed by atoms with E-state index in [-0.39, 0.29) is 24.1 Å². The molecule has 1 saturated heterocycles. The Morgan fingerprint density at radius 3 is 2.28 bits per heavy atom. The minimum absolute atomic E-state index is 0.0370. The van der Waals surface area contributed by atoms with Gasteiger partial charge in [-0.2, -0.15) is 0 Å². The molecule has 2 rings (SSSR count). The average Bonchev–Trinajstić information content (AvgIpc) is 2.67. The lowest BCUT2D eigenvalue weighted by molar-refractivity contribution is -0.119. The third kappa shape index (κ3) is 2.92. The predicted molar refractivity (Wildman–Crippen MR) is 69.8 cm³/mol. The van der Waals surface area contributed by atoms with E-state index >= 15 is 0 Å². The molecule has 0 aliphatic carbocycles. The summed E-state index contributed by atoms with van der Waals surface area (Å²) in [5.74, 6) is -0.362. The van der Waals surface area contributed by atoms with E-state index < -0.39 is 7.12 Å². The molecule has 96 valence electrons. The molecule has 1 aliphatic heterocycles. The van der Waals surface area contributed by atoms with E-state index in [4.69, 9.17) is 9.31 Å². The Morgan fingerprint density at radius 2 is 1.78 bits per heavy atom. The van der Waals surface area contributed by atoms with Crippen molar-refractivity contribution in [2.75, 3.05) is 0 Å². The maximum absolute atomic E-state index is 11.3. The van der Waals surface area contributed by atoms with Crippen LogP contribution in [0.15, 0.2) is 30.3 Å². The minimum Gasteiger partial charge on any atom is -0.404 e. The van der Waals surface area contributed by atoms with E-state index in [1.165, 1.54) is 6.92 Å². The minimum atomic E-state index is -0.429. The van der Waals surface area contributed by atoms with E-state index in [0.717, 1.165) is 5.56 Å². The van der Waals surface area contributed by atoms with Crippen molar-refractivity contribution in [3.8, 4) is 0 Å². The van der Waals surface area contributed by atoms with Gasteiger partial charge in [-0.25, -0.2) is 0 Å². The highest BCUT2D eigenvalue weighted by molar-refractivity contribution is 6.47. The van der Waals surface area contributed by atoms with Crippen molar-refractivity contribution >= 4 is 13.0 Å². The molecule has 1 N–H and O–H groups in total. The molecule has 1 fully saturated rings. The third-order valence-electron chi connectivity index (χ3n) is 3.15. The third-order valence-corrected chi connectivity index (χ3v) is 3.15. The summed E-state index contributed by atoms with van der Waals surface area (Å²) in [6.07, 6.45) is 0.0740. The van der Waals surface area contributed by atoms with Crippen LogP contribution in [-0.2, 0) is 14.1 Å². The van der Waals surface area contributed by atoms with E-state index in [9.17, 15) is 4.79 Å². The summed E-state index contributed by atoms with van der Waals surface area (Å²) in [5, 5.41) is 2.89. The van der Waals surface area contributed by atoms with Gasteiger partial charge < -0.3 is 14.6 Å². The molecule has 0 spiro atoms. The molecule has 1 aromatic rings. The number of benzene rings is 1. The van der Waals surface area contributed by atoms with Crippen LogP contribution in [0.4, 0.5) is 0 Å². The van der Waals surface area contributed by atoms with E-state index in [1.54, 1.807) is 0 Å². The maximum atomic E-state index is 11.3. The maximum Gasteiger partial charge on any atom is 0.486 e. The van der Waals surface area contributed by atoms with Crippen LogP contribution >= 0.6 is 0 Å². The van der Waals surface area contributed by atoms with E-state index in [0.29, 0.717) is 0 Å². The van der Waals surface area contributed by atoms with Crippen molar-refractivity contribution in [1.82, 2.24) is 5.32 Å². The quantitative estimate of drug-likeness (QED) is 0.827. The number of hydrogen-bond donors (Lipinski definition) is 1. The van der Waals surface area contributed by atoms with Gasteiger partial charge in [0, 0.05) is 6.92 Å². The predicted octanol–water partition coefficient (Wildman–Crippen LogP) is 1.71. The number of hydrogen-bond acceptors (Lipinski definition) is 3. The molecule has 5 heteroatoms. The van der Waals surface area contributed by atoms with Gasteiger partial charge in [0.15, 0.2) is 0 Å².